The van der Waals surface area contributed by atoms with E-state index in [1.54, 1.807) is 0 Å². The van der Waals surface area contributed by atoms with Gasteiger partial charge in [0.05, 0.1) is 0 Å². The Balaban J connectivity index is 2.81. The molecule has 0 radical (unpaired) electrons. The van der Waals surface area contributed by atoms with Gasteiger partial charge in [0.25, 0.3) is 0 Å². The standard InChI is InChI=1S/C12H20N2/c1-3-14(4-2)12(10-13)11-8-6-5-7-9-11/h5-9,12H,3-4,10,13H2,1-2H3/t12-/m0/s1. The van der Waals surface area contributed by atoms with Crippen LogP contribution >= 0.6 is 0 Å². The molecule has 1 aromatic rings. The van der Waals surface area contributed by atoms with Gasteiger partial charge in [-0.3, -0.25) is 4.90 Å². The predicted octanol–water partition coefficient (Wildman–Crippen LogP) is 2.03. The predicted molar refractivity (Wildman–Crippen MR) is 61.2 cm³/mol. The van der Waals surface area contributed by atoms with Crippen LogP contribution in [0.5, 0.6) is 0 Å². The molecule has 0 amide bonds. The van der Waals surface area contributed by atoms with Crippen LogP contribution in [-0.4, -0.2) is 24.5 Å². The molecule has 0 fully saturated rings. The fourth-order valence-electron chi connectivity index (χ4n) is 1.84. The Kier molecular flexibility index (Phi) is 4.63. The van der Waals surface area contributed by atoms with Crippen LogP contribution in [0.4, 0.5) is 0 Å². The second-order valence-corrected chi connectivity index (χ2v) is 3.38. The summed E-state index contributed by atoms with van der Waals surface area (Å²) in [6, 6.07) is 10.8. The maximum atomic E-state index is 5.82. The number of nitrogens with two attached hydrogens (primary N) is 1. The van der Waals surface area contributed by atoms with E-state index in [4.69, 9.17) is 5.73 Å². The Morgan fingerprint density at radius 2 is 1.71 bits per heavy atom. The van der Waals surface area contributed by atoms with Crippen molar-refractivity contribution in [2.45, 2.75) is 19.9 Å². The summed E-state index contributed by atoms with van der Waals surface area (Å²) in [6.45, 7) is 7.14. The van der Waals surface area contributed by atoms with Crippen LogP contribution in [0.25, 0.3) is 0 Å². The van der Waals surface area contributed by atoms with Crippen molar-refractivity contribution in [3.8, 4) is 0 Å². The van der Waals surface area contributed by atoms with Gasteiger partial charge in [-0.1, -0.05) is 44.2 Å². The average molecular weight is 192 g/mol. The summed E-state index contributed by atoms with van der Waals surface area (Å²) >= 11 is 0. The van der Waals surface area contributed by atoms with Crippen molar-refractivity contribution in [3.05, 3.63) is 35.9 Å². The molecule has 0 saturated heterocycles. The largest absolute Gasteiger partial charge is 0.329 e. The van der Waals surface area contributed by atoms with E-state index in [0.29, 0.717) is 12.6 Å². The van der Waals surface area contributed by atoms with Gasteiger partial charge in [0, 0.05) is 12.6 Å². The van der Waals surface area contributed by atoms with Gasteiger partial charge in [-0.05, 0) is 18.7 Å². The molecule has 1 aromatic carbocycles. The molecule has 0 aliphatic carbocycles. The zero-order valence-corrected chi connectivity index (χ0v) is 9.11. The third-order valence-corrected chi connectivity index (χ3v) is 2.66. The Morgan fingerprint density at radius 3 is 2.14 bits per heavy atom. The number of hydrogen-bond donors (Lipinski definition) is 1. The first-order chi connectivity index (χ1) is 6.83. The normalized spacial score (nSPS) is 13.1. The molecular weight excluding hydrogens is 172 g/mol. The molecule has 2 heteroatoms. The van der Waals surface area contributed by atoms with Crippen molar-refractivity contribution in [1.82, 2.24) is 4.90 Å². The quantitative estimate of drug-likeness (QED) is 0.773. The smallest absolute Gasteiger partial charge is 0.0470 e. The highest BCUT2D eigenvalue weighted by atomic mass is 15.2. The summed E-state index contributed by atoms with van der Waals surface area (Å²) in [7, 11) is 0. The SMILES string of the molecule is CCN(CC)[C@@H](CN)c1ccccc1. The molecule has 1 rings (SSSR count). The number of nitrogens with zero attached hydrogens (tertiary/aromatic N) is 1. The minimum atomic E-state index is 0.367. The highest BCUT2D eigenvalue weighted by molar-refractivity contribution is 5.19. The molecule has 14 heavy (non-hydrogen) atoms. The Labute approximate surface area is 86.7 Å². The summed E-state index contributed by atoms with van der Waals surface area (Å²) in [5, 5.41) is 0. The van der Waals surface area contributed by atoms with Crippen molar-refractivity contribution in [3.63, 3.8) is 0 Å². The number of rotatable bonds is 5. The molecule has 2 N–H and O–H groups in total. The van der Waals surface area contributed by atoms with E-state index < -0.39 is 0 Å². The van der Waals surface area contributed by atoms with Crippen LogP contribution in [0.3, 0.4) is 0 Å². The minimum absolute atomic E-state index is 0.367. The van der Waals surface area contributed by atoms with Crippen molar-refractivity contribution >= 4 is 0 Å². The molecule has 0 spiro atoms. The molecule has 0 unspecified atom stereocenters. The van der Waals surface area contributed by atoms with Gasteiger partial charge >= 0.3 is 0 Å². The third kappa shape index (κ3) is 2.56. The van der Waals surface area contributed by atoms with Crippen LogP contribution in [0.1, 0.15) is 25.5 Å². The topological polar surface area (TPSA) is 29.3 Å². The summed E-state index contributed by atoms with van der Waals surface area (Å²) in [5.74, 6) is 0. The van der Waals surface area contributed by atoms with Crippen molar-refractivity contribution < 1.29 is 0 Å². The molecule has 1 atom stereocenters. The zero-order valence-electron chi connectivity index (χ0n) is 9.11. The van der Waals surface area contributed by atoms with E-state index >= 15 is 0 Å². The van der Waals surface area contributed by atoms with Crippen LogP contribution in [0, 0.1) is 0 Å². The molecule has 0 aromatic heterocycles. The molecule has 78 valence electrons. The number of benzene rings is 1. The number of likely N-dealkylation sites (N-methyl/N-ethyl adjacent to an activating group) is 1. The van der Waals surface area contributed by atoms with Gasteiger partial charge in [0.1, 0.15) is 0 Å². The molecule has 0 bridgehead atoms. The molecule has 0 aliphatic rings. The van der Waals surface area contributed by atoms with Gasteiger partial charge in [-0.25, -0.2) is 0 Å². The van der Waals surface area contributed by atoms with E-state index in [0.717, 1.165) is 13.1 Å². The van der Waals surface area contributed by atoms with E-state index in [1.807, 2.05) is 6.07 Å². The van der Waals surface area contributed by atoms with Crippen molar-refractivity contribution in [2.24, 2.45) is 5.73 Å². The van der Waals surface area contributed by atoms with E-state index in [2.05, 4.69) is 43.0 Å². The minimum Gasteiger partial charge on any atom is -0.329 e. The lowest BCUT2D eigenvalue weighted by Crippen LogP contribution is -2.33. The van der Waals surface area contributed by atoms with Gasteiger partial charge < -0.3 is 5.73 Å². The fourth-order valence-corrected chi connectivity index (χ4v) is 1.84. The second kappa shape index (κ2) is 5.78. The average Bonchev–Trinajstić information content (AvgIpc) is 2.27. The molecule has 0 heterocycles. The first-order valence-corrected chi connectivity index (χ1v) is 5.32. The summed E-state index contributed by atoms with van der Waals surface area (Å²) < 4.78 is 0. The fraction of sp³-hybridized carbons (Fsp3) is 0.500. The molecule has 2 nitrogen and oxygen atoms in total. The summed E-state index contributed by atoms with van der Waals surface area (Å²) in [4.78, 5) is 2.38. The van der Waals surface area contributed by atoms with Crippen LogP contribution in [0.15, 0.2) is 30.3 Å². The van der Waals surface area contributed by atoms with Crippen LogP contribution in [-0.2, 0) is 0 Å². The first-order valence-electron chi connectivity index (χ1n) is 5.32. The van der Waals surface area contributed by atoms with Crippen molar-refractivity contribution in [2.75, 3.05) is 19.6 Å². The van der Waals surface area contributed by atoms with Crippen LogP contribution in [0.2, 0.25) is 0 Å². The number of hydrogen-bond acceptors (Lipinski definition) is 2. The Hall–Kier alpha value is -0.860. The highest BCUT2D eigenvalue weighted by Gasteiger charge is 2.14. The zero-order chi connectivity index (χ0) is 10.4. The molecule has 0 aliphatic heterocycles. The van der Waals surface area contributed by atoms with E-state index in [9.17, 15) is 0 Å². The molecular formula is C12H20N2. The van der Waals surface area contributed by atoms with E-state index in [1.165, 1.54) is 5.56 Å². The van der Waals surface area contributed by atoms with Gasteiger partial charge in [0.2, 0.25) is 0 Å². The van der Waals surface area contributed by atoms with Gasteiger partial charge in [0.15, 0.2) is 0 Å². The highest BCUT2D eigenvalue weighted by Crippen LogP contribution is 2.18. The monoisotopic (exact) mass is 192 g/mol. The second-order valence-electron chi connectivity index (χ2n) is 3.38. The van der Waals surface area contributed by atoms with Gasteiger partial charge in [-0.15, -0.1) is 0 Å². The molecule has 0 saturated carbocycles. The van der Waals surface area contributed by atoms with E-state index in [-0.39, 0.29) is 0 Å². The maximum Gasteiger partial charge on any atom is 0.0470 e. The summed E-state index contributed by atoms with van der Waals surface area (Å²) in [5.41, 5.74) is 7.13. The Bertz CT molecular complexity index is 242. The summed E-state index contributed by atoms with van der Waals surface area (Å²) in [6.07, 6.45) is 0. The lowest BCUT2D eigenvalue weighted by Gasteiger charge is -2.28. The Morgan fingerprint density at radius 1 is 1.14 bits per heavy atom. The maximum absolute atomic E-state index is 5.82. The lowest BCUT2D eigenvalue weighted by atomic mass is 10.1. The van der Waals surface area contributed by atoms with Crippen LogP contribution < -0.4 is 5.73 Å². The lowest BCUT2D eigenvalue weighted by molar-refractivity contribution is 0.224. The van der Waals surface area contributed by atoms with Crippen molar-refractivity contribution in [1.29, 1.82) is 0 Å². The van der Waals surface area contributed by atoms with Gasteiger partial charge in [-0.2, -0.15) is 0 Å². The third-order valence-electron chi connectivity index (χ3n) is 2.66. The first kappa shape index (κ1) is 11.2.